The highest BCUT2D eigenvalue weighted by atomic mass is 35.5. The minimum absolute atomic E-state index is 0.000908. The van der Waals surface area contributed by atoms with Gasteiger partial charge in [-0.3, -0.25) is 9.59 Å². The normalized spacial score (nSPS) is 16.0. The lowest BCUT2D eigenvalue weighted by atomic mass is 10.2. The van der Waals surface area contributed by atoms with Crippen molar-refractivity contribution in [3.05, 3.63) is 65.2 Å². The second-order valence-electron chi connectivity index (χ2n) is 7.45. The predicted molar refractivity (Wildman–Crippen MR) is 120 cm³/mol. The van der Waals surface area contributed by atoms with Crippen LogP contribution in [0.5, 0.6) is 0 Å². The molecule has 0 saturated carbocycles. The van der Waals surface area contributed by atoms with E-state index in [9.17, 15) is 18.0 Å². The van der Waals surface area contributed by atoms with Crippen molar-refractivity contribution >= 4 is 33.4 Å². The molecule has 2 amide bonds. The maximum absolute atomic E-state index is 12.8. The fourth-order valence-electron chi connectivity index (χ4n) is 3.28. The van der Waals surface area contributed by atoms with E-state index in [1.54, 1.807) is 0 Å². The van der Waals surface area contributed by atoms with E-state index >= 15 is 0 Å². The third kappa shape index (κ3) is 7.30. The Morgan fingerprint density at radius 3 is 2.47 bits per heavy atom. The van der Waals surface area contributed by atoms with Crippen LogP contribution in [0.2, 0.25) is 5.02 Å². The van der Waals surface area contributed by atoms with E-state index in [-0.39, 0.29) is 30.0 Å². The second-order valence-corrected chi connectivity index (χ2v) is 9.65. The Labute approximate surface area is 192 Å². The molecule has 0 aliphatic carbocycles. The van der Waals surface area contributed by atoms with Gasteiger partial charge in [-0.15, -0.1) is 0 Å². The van der Waals surface area contributed by atoms with Gasteiger partial charge >= 0.3 is 0 Å². The molecule has 172 valence electrons. The van der Waals surface area contributed by atoms with Crippen LogP contribution >= 0.6 is 11.6 Å². The van der Waals surface area contributed by atoms with Gasteiger partial charge in [-0.05, 0) is 42.7 Å². The van der Waals surface area contributed by atoms with Crippen LogP contribution in [0.4, 0.5) is 0 Å². The Morgan fingerprint density at radius 1 is 1.09 bits per heavy atom. The summed E-state index contributed by atoms with van der Waals surface area (Å²) < 4.78 is 32.8. The molecule has 0 spiro atoms. The van der Waals surface area contributed by atoms with Crippen molar-refractivity contribution in [1.29, 1.82) is 0 Å². The summed E-state index contributed by atoms with van der Waals surface area (Å²) in [7, 11) is -3.90. The van der Waals surface area contributed by atoms with Crippen LogP contribution in [0.15, 0.2) is 59.5 Å². The lowest BCUT2D eigenvalue weighted by Gasteiger charge is -2.25. The Bertz CT molecular complexity index is 1010. The molecular formula is C22H26ClN3O5S. The molecule has 1 aliphatic rings. The summed E-state index contributed by atoms with van der Waals surface area (Å²) in [5.74, 6) is -0.839. The molecule has 1 saturated heterocycles. The molecule has 0 unspecified atom stereocenters. The average molecular weight is 480 g/mol. The summed E-state index contributed by atoms with van der Waals surface area (Å²) in [5, 5.41) is 3.19. The minimum atomic E-state index is -3.90. The molecule has 10 heteroatoms. The van der Waals surface area contributed by atoms with Crippen molar-refractivity contribution in [1.82, 2.24) is 14.9 Å². The molecule has 3 rings (SSSR count). The number of carbonyl (C=O) groups is 2. The third-order valence-electron chi connectivity index (χ3n) is 5.01. The number of carbonyl (C=O) groups excluding carboxylic acids is 2. The molecule has 1 aliphatic heterocycles. The number of amides is 2. The predicted octanol–water partition coefficient (Wildman–Crippen LogP) is 1.94. The SMILES string of the molecule is O=C(CN(C[C@@H]1CCCO1)C(=O)CNS(=O)(=O)c1ccc(Cl)cc1)NCc1ccccc1. The summed E-state index contributed by atoms with van der Waals surface area (Å²) in [6.45, 7) is 0.513. The zero-order valence-electron chi connectivity index (χ0n) is 17.5. The van der Waals surface area contributed by atoms with Gasteiger partial charge in [0, 0.05) is 24.7 Å². The van der Waals surface area contributed by atoms with Gasteiger partial charge in [0.2, 0.25) is 21.8 Å². The van der Waals surface area contributed by atoms with Gasteiger partial charge in [-0.25, -0.2) is 13.1 Å². The summed E-state index contributed by atoms with van der Waals surface area (Å²) in [6, 6.07) is 15.0. The van der Waals surface area contributed by atoms with Crippen molar-refractivity contribution in [3.63, 3.8) is 0 Å². The molecule has 32 heavy (non-hydrogen) atoms. The van der Waals surface area contributed by atoms with E-state index < -0.39 is 22.5 Å². The molecular weight excluding hydrogens is 454 g/mol. The molecule has 1 heterocycles. The quantitative estimate of drug-likeness (QED) is 0.542. The molecule has 2 aromatic carbocycles. The first-order chi connectivity index (χ1) is 15.3. The fraction of sp³-hybridized carbons (Fsp3) is 0.364. The first-order valence-corrected chi connectivity index (χ1v) is 12.1. The van der Waals surface area contributed by atoms with Crippen LogP contribution in [-0.4, -0.2) is 57.5 Å². The van der Waals surface area contributed by atoms with E-state index in [1.807, 2.05) is 30.3 Å². The third-order valence-corrected chi connectivity index (χ3v) is 6.67. The van der Waals surface area contributed by atoms with E-state index in [2.05, 4.69) is 10.0 Å². The first kappa shape index (κ1) is 24.2. The van der Waals surface area contributed by atoms with Crippen LogP contribution in [0.1, 0.15) is 18.4 Å². The summed E-state index contributed by atoms with van der Waals surface area (Å²) in [6.07, 6.45) is 1.50. The maximum Gasteiger partial charge on any atom is 0.241 e. The molecule has 8 nitrogen and oxygen atoms in total. The fourth-order valence-corrected chi connectivity index (χ4v) is 4.38. The van der Waals surface area contributed by atoms with Gasteiger partial charge in [0.15, 0.2) is 0 Å². The van der Waals surface area contributed by atoms with Crippen LogP contribution < -0.4 is 10.0 Å². The smallest absolute Gasteiger partial charge is 0.241 e. The number of halogens is 1. The van der Waals surface area contributed by atoms with Crippen molar-refractivity contribution in [3.8, 4) is 0 Å². The molecule has 0 bridgehead atoms. The zero-order valence-corrected chi connectivity index (χ0v) is 19.1. The Balaban J connectivity index is 1.59. The monoisotopic (exact) mass is 479 g/mol. The van der Waals surface area contributed by atoms with E-state index in [1.165, 1.54) is 29.2 Å². The largest absolute Gasteiger partial charge is 0.376 e. The number of ether oxygens (including phenoxy) is 1. The molecule has 2 aromatic rings. The van der Waals surface area contributed by atoms with Gasteiger partial charge in [-0.2, -0.15) is 0 Å². The number of rotatable bonds is 10. The Morgan fingerprint density at radius 2 is 1.81 bits per heavy atom. The Kier molecular flexibility index (Phi) is 8.63. The zero-order chi connectivity index (χ0) is 23.0. The van der Waals surface area contributed by atoms with Gasteiger partial charge in [0.05, 0.1) is 24.1 Å². The number of benzene rings is 2. The average Bonchev–Trinajstić information content (AvgIpc) is 3.30. The maximum atomic E-state index is 12.8. The molecule has 1 fully saturated rings. The lowest BCUT2D eigenvalue weighted by Crippen LogP contribution is -2.47. The highest BCUT2D eigenvalue weighted by molar-refractivity contribution is 7.89. The van der Waals surface area contributed by atoms with E-state index in [0.717, 1.165) is 18.4 Å². The topological polar surface area (TPSA) is 105 Å². The van der Waals surface area contributed by atoms with Crippen LogP contribution in [0, 0.1) is 0 Å². The minimum Gasteiger partial charge on any atom is -0.376 e. The summed E-state index contributed by atoms with van der Waals surface area (Å²) >= 11 is 5.80. The van der Waals surface area contributed by atoms with Crippen LogP contribution in [0.3, 0.4) is 0 Å². The van der Waals surface area contributed by atoms with Crippen LogP contribution in [0.25, 0.3) is 0 Å². The molecule has 1 atom stereocenters. The van der Waals surface area contributed by atoms with Crippen molar-refractivity contribution in [2.75, 3.05) is 26.2 Å². The lowest BCUT2D eigenvalue weighted by molar-refractivity contribution is -0.136. The standard InChI is InChI=1S/C22H26ClN3O5S/c23-18-8-10-20(11-9-18)32(29,30)25-14-22(28)26(15-19-7-4-12-31-19)16-21(27)24-13-17-5-2-1-3-6-17/h1-3,5-6,8-11,19,25H,4,7,12-16H2,(H,24,27)/t19-/m0/s1. The Hall–Kier alpha value is -2.46. The number of sulfonamides is 1. The molecule has 2 N–H and O–H groups in total. The second kappa shape index (κ2) is 11.4. The van der Waals surface area contributed by atoms with Crippen LogP contribution in [-0.2, 0) is 30.9 Å². The number of nitrogens with zero attached hydrogens (tertiary/aromatic N) is 1. The first-order valence-electron chi connectivity index (χ1n) is 10.3. The highest BCUT2D eigenvalue weighted by Gasteiger charge is 2.25. The molecule has 0 aromatic heterocycles. The molecule has 0 radical (unpaired) electrons. The number of hydrogen-bond acceptors (Lipinski definition) is 5. The number of nitrogens with one attached hydrogen (secondary N) is 2. The van der Waals surface area contributed by atoms with Crippen molar-refractivity contribution < 1.29 is 22.7 Å². The highest BCUT2D eigenvalue weighted by Crippen LogP contribution is 2.15. The number of hydrogen-bond donors (Lipinski definition) is 2. The van der Waals surface area contributed by atoms with Gasteiger partial charge in [0.1, 0.15) is 0 Å². The van der Waals surface area contributed by atoms with Gasteiger partial charge in [-0.1, -0.05) is 41.9 Å². The van der Waals surface area contributed by atoms with E-state index in [4.69, 9.17) is 16.3 Å². The van der Waals surface area contributed by atoms with Gasteiger partial charge < -0.3 is 15.0 Å². The van der Waals surface area contributed by atoms with Gasteiger partial charge in [0.25, 0.3) is 0 Å². The van der Waals surface area contributed by atoms with Crippen molar-refractivity contribution in [2.24, 2.45) is 0 Å². The summed E-state index contributed by atoms with van der Waals surface area (Å²) in [5.41, 5.74) is 0.938. The van der Waals surface area contributed by atoms with Crippen molar-refractivity contribution in [2.45, 2.75) is 30.4 Å². The summed E-state index contributed by atoms with van der Waals surface area (Å²) in [4.78, 5) is 26.6. The van der Waals surface area contributed by atoms with E-state index in [0.29, 0.717) is 18.2 Å².